The van der Waals surface area contributed by atoms with Crippen LogP contribution in [0.25, 0.3) is 10.8 Å². The standard InChI is InChI=1S/C19H23NO3/c1-2-3-4-5-10-17(19(22)23)20-18(21)16-12-11-14-8-6-7-9-15(14)13-16/h6-9,11-13,17H,2-5,10H2,1H3,(H,20,21)(H,22,23)/t17-/m1/s1. The summed E-state index contributed by atoms with van der Waals surface area (Å²) in [6.45, 7) is 2.11. The number of hydrogen-bond donors (Lipinski definition) is 2. The van der Waals surface area contributed by atoms with Crippen LogP contribution < -0.4 is 5.32 Å². The van der Waals surface area contributed by atoms with Crippen molar-refractivity contribution >= 4 is 22.6 Å². The topological polar surface area (TPSA) is 66.4 Å². The summed E-state index contributed by atoms with van der Waals surface area (Å²) in [6, 6.07) is 12.3. The summed E-state index contributed by atoms with van der Waals surface area (Å²) in [5.41, 5.74) is 0.489. The molecule has 0 heterocycles. The SMILES string of the molecule is CCCCCC[C@@H](NC(=O)c1ccc2ccccc2c1)C(=O)O. The molecule has 1 atom stereocenters. The molecule has 0 radical (unpaired) electrons. The fourth-order valence-electron chi connectivity index (χ4n) is 2.60. The van der Waals surface area contributed by atoms with Crippen LogP contribution in [0.15, 0.2) is 42.5 Å². The highest BCUT2D eigenvalue weighted by atomic mass is 16.4. The lowest BCUT2D eigenvalue weighted by molar-refractivity contribution is -0.139. The summed E-state index contributed by atoms with van der Waals surface area (Å²) in [4.78, 5) is 23.6. The highest BCUT2D eigenvalue weighted by Crippen LogP contribution is 2.16. The fraction of sp³-hybridized carbons (Fsp3) is 0.368. The number of carbonyl (C=O) groups is 2. The molecule has 0 fully saturated rings. The fourth-order valence-corrected chi connectivity index (χ4v) is 2.60. The summed E-state index contributed by atoms with van der Waals surface area (Å²) < 4.78 is 0. The average molecular weight is 313 g/mol. The number of fused-ring (bicyclic) bond motifs is 1. The van der Waals surface area contributed by atoms with Crippen LogP contribution in [0.2, 0.25) is 0 Å². The first-order chi connectivity index (χ1) is 11.1. The number of rotatable bonds is 8. The van der Waals surface area contributed by atoms with Crippen molar-refractivity contribution in [3.05, 3.63) is 48.0 Å². The molecule has 0 aliphatic carbocycles. The summed E-state index contributed by atoms with van der Waals surface area (Å²) in [5, 5.41) is 13.9. The first kappa shape index (κ1) is 17.0. The van der Waals surface area contributed by atoms with E-state index in [-0.39, 0.29) is 5.91 Å². The molecule has 1 amide bonds. The minimum Gasteiger partial charge on any atom is -0.480 e. The molecule has 2 aromatic rings. The third-order valence-corrected chi connectivity index (χ3v) is 3.96. The van der Waals surface area contributed by atoms with Crippen molar-refractivity contribution in [3.8, 4) is 0 Å². The van der Waals surface area contributed by atoms with Crippen molar-refractivity contribution in [2.45, 2.75) is 45.1 Å². The van der Waals surface area contributed by atoms with Crippen LogP contribution in [0.4, 0.5) is 0 Å². The maximum absolute atomic E-state index is 12.3. The van der Waals surface area contributed by atoms with Crippen molar-refractivity contribution < 1.29 is 14.7 Å². The number of amides is 1. The maximum atomic E-state index is 12.3. The number of nitrogens with one attached hydrogen (secondary N) is 1. The molecule has 122 valence electrons. The monoisotopic (exact) mass is 313 g/mol. The molecule has 23 heavy (non-hydrogen) atoms. The summed E-state index contributed by atoms with van der Waals surface area (Å²) in [5.74, 6) is -1.31. The van der Waals surface area contributed by atoms with Gasteiger partial charge >= 0.3 is 5.97 Å². The van der Waals surface area contributed by atoms with Gasteiger partial charge < -0.3 is 10.4 Å². The van der Waals surface area contributed by atoms with Crippen LogP contribution in [0.1, 0.15) is 49.4 Å². The van der Waals surface area contributed by atoms with Gasteiger partial charge in [-0.2, -0.15) is 0 Å². The number of benzene rings is 2. The molecule has 0 aromatic heterocycles. The Morgan fingerprint density at radius 2 is 1.78 bits per heavy atom. The number of carboxylic acids is 1. The number of carbonyl (C=O) groups excluding carboxylic acids is 1. The van der Waals surface area contributed by atoms with Crippen LogP contribution in [0, 0.1) is 0 Å². The average Bonchev–Trinajstić information content (AvgIpc) is 2.56. The molecular weight excluding hydrogens is 290 g/mol. The molecule has 0 saturated carbocycles. The van der Waals surface area contributed by atoms with E-state index in [4.69, 9.17) is 0 Å². The Bertz CT molecular complexity index is 681. The maximum Gasteiger partial charge on any atom is 0.326 e. The zero-order valence-electron chi connectivity index (χ0n) is 13.4. The second-order valence-electron chi connectivity index (χ2n) is 5.78. The van der Waals surface area contributed by atoms with Crippen molar-refractivity contribution in [2.75, 3.05) is 0 Å². The lowest BCUT2D eigenvalue weighted by Gasteiger charge is -2.14. The van der Waals surface area contributed by atoms with Gasteiger partial charge in [0, 0.05) is 5.56 Å². The highest BCUT2D eigenvalue weighted by Gasteiger charge is 2.20. The van der Waals surface area contributed by atoms with E-state index >= 15 is 0 Å². The van der Waals surface area contributed by atoms with E-state index in [9.17, 15) is 14.7 Å². The van der Waals surface area contributed by atoms with Crippen LogP contribution in [0.5, 0.6) is 0 Å². The predicted molar refractivity (Wildman–Crippen MR) is 91.6 cm³/mol. The summed E-state index contributed by atoms with van der Waals surface area (Å²) >= 11 is 0. The van der Waals surface area contributed by atoms with E-state index in [2.05, 4.69) is 12.2 Å². The number of hydrogen-bond acceptors (Lipinski definition) is 2. The Morgan fingerprint density at radius 3 is 2.48 bits per heavy atom. The Morgan fingerprint density at radius 1 is 1.04 bits per heavy atom. The second kappa shape index (κ2) is 8.32. The van der Waals surface area contributed by atoms with E-state index in [1.807, 2.05) is 30.3 Å². The quantitative estimate of drug-likeness (QED) is 0.724. The van der Waals surface area contributed by atoms with Crippen molar-refractivity contribution in [2.24, 2.45) is 0 Å². The lowest BCUT2D eigenvalue weighted by atomic mass is 10.0. The third-order valence-electron chi connectivity index (χ3n) is 3.96. The molecule has 0 spiro atoms. The third kappa shape index (κ3) is 4.81. The summed E-state index contributed by atoms with van der Waals surface area (Å²) in [6.07, 6.45) is 4.45. The van der Waals surface area contributed by atoms with Crippen molar-refractivity contribution in [1.29, 1.82) is 0 Å². The molecule has 0 aliphatic rings. The molecule has 0 saturated heterocycles. The minimum atomic E-state index is -0.976. The number of carboxylic acid groups (broad SMARTS) is 1. The van der Waals surface area contributed by atoms with E-state index in [1.165, 1.54) is 0 Å². The largest absolute Gasteiger partial charge is 0.480 e. The van der Waals surface area contributed by atoms with Crippen molar-refractivity contribution in [1.82, 2.24) is 5.32 Å². The van der Waals surface area contributed by atoms with Gasteiger partial charge in [0.05, 0.1) is 0 Å². The Labute approximate surface area is 136 Å². The van der Waals surface area contributed by atoms with Crippen LogP contribution in [0.3, 0.4) is 0 Å². The zero-order chi connectivity index (χ0) is 16.7. The lowest BCUT2D eigenvalue weighted by Crippen LogP contribution is -2.40. The van der Waals surface area contributed by atoms with Gasteiger partial charge in [0.15, 0.2) is 0 Å². The van der Waals surface area contributed by atoms with Gasteiger partial charge in [-0.25, -0.2) is 4.79 Å². The predicted octanol–water partition coefficient (Wildman–Crippen LogP) is 3.99. The number of aliphatic carboxylic acids is 1. The molecule has 2 rings (SSSR count). The molecule has 4 heteroatoms. The summed E-state index contributed by atoms with van der Waals surface area (Å²) in [7, 11) is 0. The van der Waals surface area contributed by atoms with Crippen LogP contribution in [-0.4, -0.2) is 23.0 Å². The van der Waals surface area contributed by atoms with E-state index in [0.717, 1.165) is 36.5 Å². The van der Waals surface area contributed by atoms with Gasteiger partial charge in [0.25, 0.3) is 5.91 Å². The first-order valence-electron chi connectivity index (χ1n) is 8.14. The van der Waals surface area contributed by atoms with E-state index in [1.54, 1.807) is 12.1 Å². The van der Waals surface area contributed by atoms with Crippen LogP contribution >= 0.6 is 0 Å². The van der Waals surface area contributed by atoms with E-state index < -0.39 is 12.0 Å². The van der Waals surface area contributed by atoms with Gasteiger partial charge in [0.1, 0.15) is 6.04 Å². The molecule has 2 N–H and O–H groups in total. The van der Waals surface area contributed by atoms with Gasteiger partial charge in [-0.15, -0.1) is 0 Å². The Balaban J connectivity index is 2.03. The second-order valence-corrected chi connectivity index (χ2v) is 5.78. The van der Waals surface area contributed by atoms with Gasteiger partial charge in [-0.3, -0.25) is 4.79 Å². The van der Waals surface area contributed by atoms with E-state index in [0.29, 0.717) is 12.0 Å². The van der Waals surface area contributed by atoms with Gasteiger partial charge in [0.2, 0.25) is 0 Å². The molecular formula is C19H23NO3. The van der Waals surface area contributed by atoms with Gasteiger partial charge in [-0.1, -0.05) is 62.9 Å². The zero-order valence-corrected chi connectivity index (χ0v) is 13.4. The highest BCUT2D eigenvalue weighted by molar-refractivity contribution is 6.00. The molecule has 4 nitrogen and oxygen atoms in total. The molecule has 0 bridgehead atoms. The normalized spacial score (nSPS) is 12.0. The molecule has 0 aliphatic heterocycles. The first-order valence-corrected chi connectivity index (χ1v) is 8.14. The smallest absolute Gasteiger partial charge is 0.326 e. The Hall–Kier alpha value is -2.36. The van der Waals surface area contributed by atoms with Crippen LogP contribution in [-0.2, 0) is 4.79 Å². The Kier molecular flexibility index (Phi) is 6.15. The minimum absolute atomic E-state index is 0.335. The molecule has 2 aromatic carbocycles. The number of unbranched alkanes of at least 4 members (excludes halogenated alkanes) is 3. The molecule has 0 unspecified atom stereocenters. The van der Waals surface area contributed by atoms with Crippen molar-refractivity contribution in [3.63, 3.8) is 0 Å². The van der Waals surface area contributed by atoms with Gasteiger partial charge in [-0.05, 0) is 29.3 Å².